The van der Waals surface area contributed by atoms with Crippen LogP contribution in [0.3, 0.4) is 0 Å². The zero-order chi connectivity index (χ0) is 21.0. The molecule has 0 aromatic heterocycles. The van der Waals surface area contributed by atoms with Crippen LogP contribution < -0.4 is 9.62 Å². The molecule has 1 N–H and O–H groups in total. The van der Waals surface area contributed by atoms with E-state index in [0.717, 1.165) is 5.56 Å². The van der Waals surface area contributed by atoms with E-state index in [9.17, 15) is 18.0 Å². The highest BCUT2D eigenvalue weighted by Crippen LogP contribution is 2.25. The van der Waals surface area contributed by atoms with Crippen LogP contribution in [0.4, 0.5) is 5.69 Å². The second-order valence-corrected chi connectivity index (χ2v) is 9.16. The Morgan fingerprint density at radius 3 is 2.59 bits per heavy atom. The average Bonchev–Trinajstić information content (AvgIpc) is 3.05. The number of carbonyl (C=O) groups excluding carboxylic acids is 2. The number of sulfonamides is 1. The minimum absolute atomic E-state index is 0.0909. The van der Waals surface area contributed by atoms with Crippen LogP contribution in [-0.2, 0) is 19.6 Å². The molecule has 1 amide bonds. The third kappa shape index (κ3) is 5.27. The molecule has 1 fully saturated rings. The molecule has 1 aliphatic rings. The summed E-state index contributed by atoms with van der Waals surface area (Å²) in [5.41, 5.74) is 1.47. The van der Waals surface area contributed by atoms with Crippen molar-refractivity contribution in [2.45, 2.75) is 19.4 Å². The fourth-order valence-electron chi connectivity index (χ4n) is 3.05. The first-order chi connectivity index (χ1) is 13.8. The summed E-state index contributed by atoms with van der Waals surface area (Å²) in [6.07, 6.45) is 0.545. The van der Waals surface area contributed by atoms with Crippen molar-refractivity contribution < 1.29 is 22.7 Å². The quantitative estimate of drug-likeness (QED) is 0.703. The molecule has 0 bridgehead atoms. The molecule has 1 aliphatic heterocycles. The van der Waals surface area contributed by atoms with Crippen molar-refractivity contribution in [3.63, 3.8) is 0 Å². The number of anilines is 1. The molecule has 29 heavy (non-hydrogen) atoms. The lowest BCUT2D eigenvalue weighted by Gasteiger charge is -2.17. The minimum atomic E-state index is -3.34. The van der Waals surface area contributed by atoms with Crippen molar-refractivity contribution in [1.82, 2.24) is 5.32 Å². The van der Waals surface area contributed by atoms with Crippen LogP contribution >= 0.6 is 11.6 Å². The topological polar surface area (TPSA) is 92.8 Å². The second-order valence-electron chi connectivity index (χ2n) is 6.71. The summed E-state index contributed by atoms with van der Waals surface area (Å²) < 4.78 is 30.4. The largest absolute Gasteiger partial charge is 0.452 e. The molecule has 0 saturated carbocycles. The van der Waals surface area contributed by atoms with Gasteiger partial charge in [-0.2, -0.15) is 0 Å². The number of ether oxygens (including phenoxy) is 1. The highest BCUT2D eigenvalue weighted by atomic mass is 35.5. The van der Waals surface area contributed by atoms with Crippen molar-refractivity contribution in [3.8, 4) is 0 Å². The van der Waals surface area contributed by atoms with E-state index in [-0.39, 0.29) is 17.4 Å². The second kappa shape index (κ2) is 8.84. The molecule has 1 saturated heterocycles. The van der Waals surface area contributed by atoms with Crippen molar-refractivity contribution >= 4 is 39.2 Å². The van der Waals surface area contributed by atoms with Crippen molar-refractivity contribution in [2.24, 2.45) is 0 Å². The standard InChI is InChI=1S/C20H21ClN2O5S/c1-14(15-6-8-17(21)9-7-15)22-19(24)13-28-20(25)16-4-2-5-18(12-16)23-10-3-11-29(23,26)27/h2,4-9,12,14H,3,10-11,13H2,1H3,(H,22,24). The van der Waals surface area contributed by atoms with Gasteiger partial charge in [-0.05, 0) is 49.2 Å². The Balaban J connectivity index is 1.57. The van der Waals surface area contributed by atoms with Gasteiger partial charge in [-0.3, -0.25) is 9.10 Å². The maximum Gasteiger partial charge on any atom is 0.338 e. The predicted molar refractivity (Wildman–Crippen MR) is 110 cm³/mol. The highest BCUT2D eigenvalue weighted by Gasteiger charge is 2.28. The molecule has 154 valence electrons. The number of nitrogens with zero attached hydrogens (tertiary/aromatic N) is 1. The van der Waals surface area contributed by atoms with Gasteiger partial charge < -0.3 is 10.1 Å². The molecule has 0 spiro atoms. The van der Waals surface area contributed by atoms with E-state index < -0.39 is 28.5 Å². The molecule has 0 aliphatic carbocycles. The lowest BCUT2D eigenvalue weighted by molar-refractivity contribution is -0.124. The number of carbonyl (C=O) groups is 2. The van der Waals surface area contributed by atoms with E-state index in [2.05, 4.69) is 5.32 Å². The third-order valence-electron chi connectivity index (χ3n) is 4.55. The maximum absolute atomic E-state index is 12.3. The first kappa shape index (κ1) is 21.1. The van der Waals surface area contributed by atoms with E-state index in [1.165, 1.54) is 16.4 Å². The fraction of sp³-hybridized carbons (Fsp3) is 0.300. The van der Waals surface area contributed by atoms with Crippen molar-refractivity contribution in [2.75, 3.05) is 23.2 Å². The Hall–Kier alpha value is -2.58. The van der Waals surface area contributed by atoms with Gasteiger partial charge in [0.25, 0.3) is 5.91 Å². The maximum atomic E-state index is 12.3. The first-order valence-corrected chi connectivity index (χ1v) is 11.1. The number of esters is 1. The van der Waals surface area contributed by atoms with E-state index in [1.54, 1.807) is 36.4 Å². The zero-order valence-electron chi connectivity index (χ0n) is 15.8. The molecular weight excluding hydrogens is 416 g/mol. The summed E-state index contributed by atoms with van der Waals surface area (Å²) in [6, 6.07) is 13.0. The Labute approximate surface area is 174 Å². The van der Waals surface area contributed by atoms with Crippen LogP contribution in [0, 0.1) is 0 Å². The molecule has 2 aromatic carbocycles. The Kier molecular flexibility index (Phi) is 6.44. The van der Waals surface area contributed by atoms with E-state index >= 15 is 0 Å². The number of nitrogens with one attached hydrogen (secondary N) is 1. The van der Waals surface area contributed by atoms with Gasteiger partial charge in [-0.1, -0.05) is 29.8 Å². The summed E-state index contributed by atoms with van der Waals surface area (Å²) >= 11 is 5.85. The van der Waals surface area contributed by atoms with Gasteiger partial charge in [0.05, 0.1) is 23.0 Å². The number of halogens is 1. The van der Waals surface area contributed by atoms with Gasteiger partial charge in [0.15, 0.2) is 6.61 Å². The summed E-state index contributed by atoms with van der Waals surface area (Å²) in [5, 5.41) is 3.34. The van der Waals surface area contributed by atoms with E-state index in [0.29, 0.717) is 23.7 Å². The van der Waals surface area contributed by atoms with Crippen LogP contribution in [0.5, 0.6) is 0 Å². The van der Waals surface area contributed by atoms with Crippen LogP contribution in [0.15, 0.2) is 48.5 Å². The van der Waals surface area contributed by atoms with Gasteiger partial charge in [-0.15, -0.1) is 0 Å². The van der Waals surface area contributed by atoms with Gasteiger partial charge in [0.2, 0.25) is 10.0 Å². The van der Waals surface area contributed by atoms with Gasteiger partial charge >= 0.3 is 5.97 Å². The Morgan fingerprint density at radius 1 is 1.21 bits per heavy atom. The zero-order valence-corrected chi connectivity index (χ0v) is 17.4. The van der Waals surface area contributed by atoms with Crippen LogP contribution in [0.25, 0.3) is 0 Å². The average molecular weight is 437 g/mol. The Morgan fingerprint density at radius 2 is 1.93 bits per heavy atom. The fourth-order valence-corrected chi connectivity index (χ4v) is 4.73. The van der Waals surface area contributed by atoms with Gasteiger partial charge in [0, 0.05) is 11.6 Å². The normalized spacial score (nSPS) is 16.3. The van der Waals surface area contributed by atoms with Gasteiger partial charge in [-0.25, -0.2) is 13.2 Å². The molecule has 1 unspecified atom stereocenters. The summed E-state index contributed by atoms with van der Waals surface area (Å²) in [4.78, 5) is 24.4. The molecular formula is C20H21ClN2O5S. The number of hydrogen-bond acceptors (Lipinski definition) is 5. The highest BCUT2D eigenvalue weighted by molar-refractivity contribution is 7.93. The lowest BCUT2D eigenvalue weighted by atomic mass is 10.1. The van der Waals surface area contributed by atoms with E-state index in [1.807, 2.05) is 6.92 Å². The van der Waals surface area contributed by atoms with Crippen molar-refractivity contribution in [1.29, 1.82) is 0 Å². The first-order valence-electron chi connectivity index (χ1n) is 9.09. The molecule has 7 nitrogen and oxygen atoms in total. The van der Waals surface area contributed by atoms with E-state index in [4.69, 9.17) is 16.3 Å². The molecule has 1 heterocycles. The molecule has 2 aromatic rings. The smallest absolute Gasteiger partial charge is 0.338 e. The molecule has 0 radical (unpaired) electrons. The number of hydrogen-bond donors (Lipinski definition) is 1. The number of rotatable bonds is 6. The van der Waals surface area contributed by atoms with Crippen LogP contribution in [-0.4, -0.2) is 39.2 Å². The van der Waals surface area contributed by atoms with Gasteiger partial charge in [0.1, 0.15) is 0 Å². The van der Waals surface area contributed by atoms with Crippen LogP contribution in [0.1, 0.15) is 35.3 Å². The summed E-state index contributed by atoms with van der Waals surface area (Å²) in [7, 11) is -3.34. The molecule has 1 atom stereocenters. The van der Waals surface area contributed by atoms with Crippen LogP contribution in [0.2, 0.25) is 5.02 Å². The van der Waals surface area contributed by atoms with Crippen molar-refractivity contribution in [3.05, 3.63) is 64.7 Å². The lowest BCUT2D eigenvalue weighted by Crippen LogP contribution is -2.31. The number of amides is 1. The SMILES string of the molecule is CC(NC(=O)COC(=O)c1cccc(N2CCCS2(=O)=O)c1)c1ccc(Cl)cc1. The number of benzene rings is 2. The Bertz CT molecular complexity index is 1010. The predicted octanol–water partition coefficient (Wildman–Crippen LogP) is 2.91. The monoisotopic (exact) mass is 436 g/mol. The summed E-state index contributed by atoms with van der Waals surface area (Å²) in [6.45, 7) is 1.75. The molecule has 3 rings (SSSR count). The molecule has 9 heteroatoms. The third-order valence-corrected chi connectivity index (χ3v) is 6.67. The minimum Gasteiger partial charge on any atom is -0.452 e. The summed E-state index contributed by atoms with van der Waals surface area (Å²) in [5.74, 6) is -1.05.